The predicted octanol–water partition coefficient (Wildman–Crippen LogP) is 1.69. The summed E-state index contributed by atoms with van der Waals surface area (Å²) in [5.74, 6) is -1.06. The zero-order chi connectivity index (χ0) is 17.4. The molecule has 7 nitrogen and oxygen atoms in total. The third kappa shape index (κ3) is 3.72. The number of nitrogens with zero attached hydrogens (tertiary/aromatic N) is 3. The van der Waals surface area contributed by atoms with Crippen LogP contribution in [0.4, 0.5) is 0 Å². The second kappa shape index (κ2) is 6.31. The highest BCUT2D eigenvalue weighted by molar-refractivity contribution is 5.93. The minimum absolute atomic E-state index is 0.0492. The Morgan fingerprint density at radius 2 is 2.04 bits per heavy atom. The fourth-order valence-electron chi connectivity index (χ4n) is 2.59. The Bertz CT molecular complexity index is 601. The summed E-state index contributed by atoms with van der Waals surface area (Å²) in [6.07, 6.45) is -0.970. The molecule has 0 aromatic carbocycles. The van der Waals surface area contributed by atoms with Gasteiger partial charge in [0.25, 0.3) is 5.91 Å². The van der Waals surface area contributed by atoms with E-state index >= 15 is 0 Å². The van der Waals surface area contributed by atoms with Gasteiger partial charge in [-0.15, -0.1) is 0 Å². The molecule has 0 radical (unpaired) electrons. The first-order valence-electron chi connectivity index (χ1n) is 7.85. The maximum absolute atomic E-state index is 12.7. The summed E-state index contributed by atoms with van der Waals surface area (Å²) in [6.45, 7) is 10.9. The summed E-state index contributed by atoms with van der Waals surface area (Å²) in [5, 5.41) is 13.5. The fraction of sp³-hybridized carbons (Fsp3) is 0.688. The Hall–Kier alpha value is -1.89. The van der Waals surface area contributed by atoms with Crippen molar-refractivity contribution in [1.29, 1.82) is 0 Å². The molecule has 1 atom stereocenters. The maximum Gasteiger partial charge on any atom is 0.334 e. The summed E-state index contributed by atoms with van der Waals surface area (Å²) >= 11 is 0. The van der Waals surface area contributed by atoms with Gasteiger partial charge in [0.15, 0.2) is 11.8 Å². The highest BCUT2D eigenvalue weighted by Gasteiger charge is 2.32. The van der Waals surface area contributed by atoms with Crippen LogP contribution in [0.25, 0.3) is 0 Å². The zero-order valence-electron chi connectivity index (χ0n) is 14.4. The largest absolute Gasteiger partial charge is 0.479 e. The predicted molar refractivity (Wildman–Crippen MR) is 84.6 cm³/mol. The number of carbonyl (C=O) groups excluding carboxylic acids is 1. The molecule has 1 aromatic rings. The normalized spacial score (nSPS) is 19.2. The first-order valence-corrected chi connectivity index (χ1v) is 7.85. The molecule has 0 bridgehead atoms. The van der Waals surface area contributed by atoms with Crippen LogP contribution >= 0.6 is 0 Å². The van der Waals surface area contributed by atoms with E-state index in [2.05, 4.69) is 18.9 Å². The van der Waals surface area contributed by atoms with Crippen molar-refractivity contribution < 1.29 is 19.4 Å². The van der Waals surface area contributed by atoms with Crippen LogP contribution in [-0.2, 0) is 15.1 Å². The van der Waals surface area contributed by atoms with Gasteiger partial charge in [-0.25, -0.2) is 4.79 Å². The van der Waals surface area contributed by atoms with E-state index in [1.54, 1.807) is 0 Å². The van der Waals surface area contributed by atoms with Gasteiger partial charge in [0, 0.05) is 12.2 Å². The standard InChI is InChI=1S/C16H25N3O4/c1-10(2)12-8-11(17-19(12)16(3,4)5)14(20)18-6-7-23-13(9-18)15(21)22/h8,10,13H,6-7,9H2,1-5H3,(H,21,22)/t13-/m0/s1. The van der Waals surface area contributed by atoms with Crippen molar-refractivity contribution in [3.05, 3.63) is 17.5 Å². The van der Waals surface area contributed by atoms with Gasteiger partial charge in [0.1, 0.15) is 0 Å². The van der Waals surface area contributed by atoms with Crippen molar-refractivity contribution in [3.8, 4) is 0 Å². The van der Waals surface area contributed by atoms with E-state index in [9.17, 15) is 9.59 Å². The van der Waals surface area contributed by atoms with E-state index in [-0.39, 0.29) is 30.5 Å². The number of hydrogen-bond donors (Lipinski definition) is 1. The van der Waals surface area contributed by atoms with Crippen LogP contribution in [0.2, 0.25) is 0 Å². The molecule has 1 aliphatic heterocycles. The molecule has 1 fully saturated rings. The molecule has 23 heavy (non-hydrogen) atoms. The monoisotopic (exact) mass is 323 g/mol. The lowest BCUT2D eigenvalue weighted by Crippen LogP contribution is -2.48. The minimum atomic E-state index is -1.05. The van der Waals surface area contributed by atoms with E-state index in [1.807, 2.05) is 31.5 Å². The molecule has 1 amide bonds. The number of aliphatic carboxylic acids is 1. The molecular weight excluding hydrogens is 298 g/mol. The fourth-order valence-corrected chi connectivity index (χ4v) is 2.59. The van der Waals surface area contributed by atoms with Gasteiger partial charge in [0.05, 0.1) is 18.7 Å². The zero-order valence-corrected chi connectivity index (χ0v) is 14.4. The van der Waals surface area contributed by atoms with Gasteiger partial charge in [-0.1, -0.05) is 13.8 Å². The van der Waals surface area contributed by atoms with Crippen LogP contribution in [0.1, 0.15) is 56.7 Å². The van der Waals surface area contributed by atoms with E-state index in [1.165, 1.54) is 4.90 Å². The smallest absolute Gasteiger partial charge is 0.334 e. The van der Waals surface area contributed by atoms with Crippen LogP contribution in [-0.4, -0.2) is 57.5 Å². The molecule has 0 saturated carbocycles. The van der Waals surface area contributed by atoms with Crippen molar-refractivity contribution >= 4 is 11.9 Å². The number of aromatic nitrogens is 2. The molecule has 0 unspecified atom stereocenters. The molecule has 1 N–H and O–H groups in total. The van der Waals surface area contributed by atoms with Gasteiger partial charge >= 0.3 is 5.97 Å². The second-order valence-electron chi connectivity index (χ2n) is 7.14. The molecule has 0 aliphatic carbocycles. The minimum Gasteiger partial charge on any atom is -0.479 e. The second-order valence-corrected chi connectivity index (χ2v) is 7.14. The molecule has 0 spiro atoms. The lowest BCUT2D eigenvalue weighted by atomic mass is 10.1. The van der Waals surface area contributed by atoms with E-state index < -0.39 is 12.1 Å². The molecule has 7 heteroatoms. The Labute approximate surface area is 136 Å². The van der Waals surface area contributed by atoms with Gasteiger partial charge in [0.2, 0.25) is 0 Å². The molecule has 128 valence electrons. The van der Waals surface area contributed by atoms with Crippen molar-refractivity contribution in [1.82, 2.24) is 14.7 Å². The SMILES string of the molecule is CC(C)c1cc(C(=O)N2CCO[C@H](C(=O)O)C2)nn1C(C)(C)C. The lowest BCUT2D eigenvalue weighted by molar-refractivity contribution is -0.154. The summed E-state index contributed by atoms with van der Waals surface area (Å²) < 4.78 is 7.03. The number of morpholine rings is 1. The molecule has 1 aliphatic rings. The van der Waals surface area contributed by atoms with Gasteiger partial charge in [-0.05, 0) is 32.8 Å². The van der Waals surface area contributed by atoms with Crippen LogP contribution < -0.4 is 0 Å². The number of amides is 1. The number of rotatable bonds is 3. The van der Waals surface area contributed by atoms with Crippen molar-refractivity contribution in [2.75, 3.05) is 19.7 Å². The topological polar surface area (TPSA) is 84.7 Å². The Kier molecular flexibility index (Phi) is 4.79. The average molecular weight is 323 g/mol. The van der Waals surface area contributed by atoms with Crippen LogP contribution in [0.15, 0.2) is 6.07 Å². The quantitative estimate of drug-likeness (QED) is 0.915. The number of carboxylic acid groups (broad SMARTS) is 1. The highest BCUT2D eigenvalue weighted by Crippen LogP contribution is 2.24. The molecule has 2 rings (SSSR count). The molecular formula is C16H25N3O4. The third-order valence-corrected chi connectivity index (χ3v) is 3.81. The van der Waals surface area contributed by atoms with Crippen molar-refractivity contribution in [3.63, 3.8) is 0 Å². The third-order valence-electron chi connectivity index (χ3n) is 3.81. The first-order chi connectivity index (χ1) is 10.6. The van der Waals surface area contributed by atoms with Gasteiger partial charge in [-0.3, -0.25) is 9.48 Å². The summed E-state index contributed by atoms with van der Waals surface area (Å²) in [5.41, 5.74) is 1.12. The van der Waals surface area contributed by atoms with Crippen LogP contribution in [0, 0.1) is 0 Å². The van der Waals surface area contributed by atoms with Crippen LogP contribution in [0.3, 0.4) is 0 Å². The van der Waals surface area contributed by atoms with Gasteiger partial charge < -0.3 is 14.7 Å². The Morgan fingerprint density at radius 3 is 2.52 bits per heavy atom. The number of carbonyl (C=O) groups is 2. The van der Waals surface area contributed by atoms with E-state index in [0.29, 0.717) is 12.2 Å². The van der Waals surface area contributed by atoms with Crippen molar-refractivity contribution in [2.24, 2.45) is 0 Å². The van der Waals surface area contributed by atoms with E-state index in [0.717, 1.165) is 5.69 Å². The number of ether oxygens (including phenoxy) is 1. The molecule has 1 aromatic heterocycles. The summed E-state index contributed by atoms with van der Waals surface area (Å²) in [7, 11) is 0. The van der Waals surface area contributed by atoms with E-state index in [4.69, 9.17) is 9.84 Å². The molecule has 1 saturated heterocycles. The highest BCUT2D eigenvalue weighted by atomic mass is 16.5. The summed E-state index contributed by atoms with van der Waals surface area (Å²) in [6, 6.07) is 1.81. The molecule has 2 heterocycles. The first kappa shape index (κ1) is 17.5. The van der Waals surface area contributed by atoms with Crippen LogP contribution in [0.5, 0.6) is 0 Å². The number of carboxylic acids is 1. The Morgan fingerprint density at radius 1 is 1.39 bits per heavy atom. The average Bonchev–Trinajstić information content (AvgIpc) is 2.92. The maximum atomic E-state index is 12.7. The summed E-state index contributed by atoms with van der Waals surface area (Å²) in [4.78, 5) is 25.2. The number of hydrogen-bond acceptors (Lipinski definition) is 4. The Balaban J connectivity index is 2.27. The van der Waals surface area contributed by atoms with Crippen molar-refractivity contribution in [2.45, 2.75) is 52.2 Å². The lowest BCUT2D eigenvalue weighted by Gasteiger charge is -2.30. The van der Waals surface area contributed by atoms with Gasteiger partial charge in [-0.2, -0.15) is 5.10 Å².